The zero-order valence-corrected chi connectivity index (χ0v) is 11.2. The third-order valence-corrected chi connectivity index (χ3v) is 2.96. The number of aromatic hydroxyl groups is 2. The van der Waals surface area contributed by atoms with Crippen LogP contribution >= 0.6 is 0 Å². The van der Waals surface area contributed by atoms with E-state index in [1.54, 1.807) is 0 Å². The molecule has 0 aliphatic rings. The van der Waals surface area contributed by atoms with Gasteiger partial charge < -0.3 is 15.3 Å². The van der Waals surface area contributed by atoms with Gasteiger partial charge in [-0.2, -0.15) is 0 Å². The van der Waals surface area contributed by atoms with Crippen molar-refractivity contribution < 1.29 is 20.1 Å². The Hall–Kier alpha value is -2.82. The fourth-order valence-electron chi connectivity index (χ4n) is 1.85. The van der Waals surface area contributed by atoms with Crippen molar-refractivity contribution in [1.82, 2.24) is 0 Å². The highest BCUT2D eigenvalue weighted by atomic mass is 16.4. The molecule has 0 spiro atoms. The number of aliphatic imine (C=N–C) groups is 1. The molecule has 0 fully saturated rings. The summed E-state index contributed by atoms with van der Waals surface area (Å²) in [7, 11) is 0. The molecule has 0 bridgehead atoms. The average molecular weight is 285 g/mol. The molecule has 5 nitrogen and oxygen atoms in total. The van der Waals surface area contributed by atoms with Crippen molar-refractivity contribution in [3.05, 3.63) is 59.7 Å². The maximum Gasteiger partial charge on any atom is 0.328 e. The summed E-state index contributed by atoms with van der Waals surface area (Å²) < 4.78 is 0. The van der Waals surface area contributed by atoms with Crippen LogP contribution in [-0.4, -0.2) is 33.5 Å². The van der Waals surface area contributed by atoms with Crippen LogP contribution in [-0.2, 0) is 11.2 Å². The molecule has 0 unspecified atom stereocenters. The van der Waals surface area contributed by atoms with Gasteiger partial charge in [-0.05, 0) is 17.7 Å². The van der Waals surface area contributed by atoms with E-state index in [1.807, 2.05) is 30.3 Å². The van der Waals surface area contributed by atoms with Crippen LogP contribution in [0.25, 0.3) is 0 Å². The largest absolute Gasteiger partial charge is 0.508 e. The molecule has 1 atom stereocenters. The SMILES string of the molecule is O=C(O)[C@@H](Cc1ccccc1)N=Cc1ccc(O)cc1O. The lowest BCUT2D eigenvalue weighted by Crippen LogP contribution is -2.20. The monoisotopic (exact) mass is 285 g/mol. The number of nitrogens with zero attached hydrogens (tertiary/aromatic N) is 1. The van der Waals surface area contributed by atoms with E-state index in [1.165, 1.54) is 24.4 Å². The van der Waals surface area contributed by atoms with E-state index in [0.717, 1.165) is 5.56 Å². The summed E-state index contributed by atoms with van der Waals surface area (Å²) in [4.78, 5) is 15.3. The zero-order chi connectivity index (χ0) is 15.2. The molecule has 0 saturated heterocycles. The van der Waals surface area contributed by atoms with Crippen molar-refractivity contribution in [2.75, 3.05) is 0 Å². The lowest BCUT2D eigenvalue weighted by atomic mass is 10.1. The first-order chi connectivity index (χ1) is 10.1. The lowest BCUT2D eigenvalue weighted by molar-refractivity contribution is -0.138. The Bertz CT molecular complexity index is 653. The van der Waals surface area contributed by atoms with Crippen LogP contribution in [0.5, 0.6) is 11.5 Å². The Morgan fingerprint density at radius 3 is 2.48 bits per heavy atom. The van der Waals surface area contributed by atoms with Crippen molar-refractivity contribution in [2.45, 2.75) is 12.5 Å². The van der Waals surface area contributed by atoms with Crippen molar-refractivity contribution in [3.8, 4) is 11.5 Å². The third-order valence-electron chi connectivity index (χ3n) is 2.96. The highest BCUT2D eigenvalue weighted by molar-refractivity contribution is 5.86. The highest BCUT2D eigenvalue weighted by Gasteiger charge is 2.16. The minimum atomic E-state index is -1.03. The van der Waals surface area contributed by atoms with Crippen LogP contribution in [0.2, 0.25) is 0 Å². The molecule has 108 valence electrons. The molecule has 0 aromatic heterocycles. The van der Waals surface area contributed by atoms with Crippen molar-refractivity contribution in [1.29, 1.82) is 0 Å². The van der Waals surface area contributed by atoms with E-state index in [0.29, 0.717) is 5.56 Å². The molecule has 2 aromatic carbocycles. The second-order valence-corrected chi connectivity index (χ2v) is 4.57. The summed E-state index contributed by atoms with van der Waals surface area (Å²) in [6.07, 6.45) is 1.57. The predicted octanol–water partition coefficient (Wildman–Crippen LogP) is 2.21. The van der Waals surface area contributed by atoms with Crippen molar-refractivity contribution in [2.24, 2.45) is 4.99 Å². The van der Waals surface area contributed by atoms with E-state index in [-0.39, 0.29) is 17.9 Å². The molecule has 2 rings (SSSR count). The fourth-order valence-corrected chi connectivity index (χ4v) is 1.85. The second kappa shape index (κ2) is 6.56. The molecule has 0 saturated carbocycles. The van der Waals surface area contributed by atoms with Gasteiger partial charge in [0.1, 0.15) is 11.5 Å². The fraction of sp³-hybridized carbons (Fsp3) is 0.125. The normalized spacial score (nSPS) is 12.4. The summed E-state index contributed by atoms with van der Waals surface area (Å²) in [5.41, 5.74) is 1.23. The predicted molar refractivity (Wildman–Crippen MR) is 78.9 cm³/mol. The minimum Gasteiger partial charge on any atom is -0.508 e. The first kappa shape index (κ1) is 14.6. The molecular formula is C16H15NO4. The number of benzene rings is 2. The number of carbonyl (C=O) groups is 1. The van der Waals surface area contributed by atoms with Gasteiger partial charge in [0.15, 0.2) is 6.04 Å². The van der Waals surface area contributed by atoms with Gasteiger partial charge in [-0.3, -0.25) is 4.99 Å². The molecule has 0 aliphatic carbocycles. The number of carboxylic acid groups (broad SMARTS) is 1. The summed E-state index contributed by atoms with van der Waals surface area (Å²) >= 11 is 0. The molecular weight excluding hydrogens is 270 g/mol. The summed E-state index contributed by atoms with van der Waals surface area (Å²) in [5, 5.41) is 28.0. The zero-order valence-electron chi connectivity index (χ0n) is 11.2. The van der Waals surface area contributed by atoms with Gasteiger partial charge >= 0.3 is 5.97 Å². The quantitative estimate of drug-likeness (QED) is 0.735. The molecule has 0 radical (unpaired) electrons. The van der Waals surface area contributed by atoms with Gasteiger partial charge in [0.05, 0.1) is 0 Å². The minimum absolute atomic E-state index is 0.0660. The molecule has 3 N–H and O–H groups in total. The summed E-state index contributed by atoms with van der Waals surface area (Å²) in [6.45, 7) is 0. The Kier molecular flexibility index (Phi) is 4.56. The van der Waals surface area contributed by atoms with Crippen molar-refractivity contribution >= 4 is 12.2 Å². The molecule has 0 amide bonds. The van der Waals surface area contributed by atoms with E-state index < -0.39 is 12.0 Å². The van der Waals surface area contributed by atoms with Gasteiger partial charge in [0.25, 0.3) is 0 Å². The molecule has 0 aliphatic heterocycles. The van der Waals surface area contributed by atoms with Gasteiger partial charge in [0.2, 0.25) is 0 Å². The van der Waals surface area contributed by atoms with Gasteiger partial charge in [0, 0.05) is 24.3 Å². The van der Waals surface area contributed by atoms with Gasteiger partial charge in [-0.25, -0.2) is 4.79 Å². The van der Waals surface area contributed by atoms with Crippen LogP contribution < -0.4 is 0 Å². The number of hydrogen-bond acceptors (Lipinski definition) is 4. The number of carboxylic acids is 1. The maximum atomic E-state index is 11.2. The maximum absolute atomic E-state index is 11.2. The van der Waals surface area contributed by atoms with Crippen LogP contribution in [0.3, 0.4) is 0 Å². The van der Waals surface area contributed by atoms with E-state index >= 15 is 0 Å². The van der Waals surface area contributed by atoms with Crippen LogP contribution in [0.15, 0.2) is 53.5 Å². The third kappa shape index (κ3) is 4.07. The number of phenolic OH excluding ortho intramolecular Hbond substituents is 2. The lowest BCUT2D eigenvalue weighted by Gasteiger charge is -2.07. The number of phenols is 2. The van der Waals surface area contributed by atoms with Crippen LogP contribution in [0.1, 0.15) is 11.1 Å². The highest BCUT2D eigenvalue weighted by Crippen LogP contribution is 2.21. The molecule has 5 heteroatoms. The first-order valence-electron chi connectivity index (χ1n) is 6.38. The Morgan fingerprint density at radius 1 is 1.14 bits per heavy atom. The Morgan fingerprint density at radius 2 is 1.86 bits per heavy atom. The average Bonchev–Trinajstić information content (AvgIpc) is 2.46. The van der Waals surface area contributed by atoms with E-state index in [4.69, 9.17) is 0 Å². The smallest absolute Gasteiger partial charge is 0.328 e. The number of hydrogen-bond donors (Lipinski definition) is 3. The summed E-state index contributed by atoms with van der Waals surface area (Å²) in [5.74, 6) is -1.25. The van der Waals surface area contributed by atoms with Crippen LogP contribution in [0.4, 0.5) is 0 Å². The van der Waals surface area contributed by atoms with Gasteiger partial charge in [-0.1, -0.05) is 30.3 Å². The number of rotatable bonds is 5. The standard InChI is InChI=1S/C16H15NO4/c18-13-7-6-12(15(19)9-13)10-17-14(16(20)21)8-11-4-2-1-3-5-11/h1-7,9-10,14,18-19H,8H2,(H,20,21)/t14-/m1/s1. The topological polar surface area (TPSA) is 90.1 Å². The van der Waals surface area contributed by atoms with Crippen molar-refractivity contribution in [3.63, 3.8) is 0 Å². The summed E-state index contributed by atoms with van der Waals surface area (Å²) in [6, 6.07) is 12.3. The second-order valence-electron chi connectivity index (χ2n) is 4.57. The molecule has 0 heterocycles. The Balaban J connectivity index is 2.16. The number of aliphatic carboxylic acids is 1. The van der Waals surface area contributed by atoms with E-state index in [9.17, 15) is 20.1 Å². The Labute approximate surface area is 121 Å². The first-order valence-corrected chi connectivity index (χ1v) is 6.38. The van der Waals surface area contributed by atoms with E-state index in [2.05, 4.69) is 4.99 Å². The van der Waals surface area contributed by atoms with Gasteiger partial charge in [-0.15, -0.1) is 0 Å². The molecule has 21 heavy (non-hydrogen) atoms. The molecule has 2 aromatic rings. The van der Waals surface area contributed by atoms with Crippen LogP contribution in [0, 0.1) is 0 Å².